The molecule has 1 aromatic rings. The molecule has 0 bridgehead atoms. The summed E-state index contributed by atoms with van der Waals surface area (Å²) in [5.41, 5.74) is 0.161. The van der Waals surface area contributed by atoms with E-state index in [4.69, 9.17) is 0 Å². The van der Waals surface area contributed by atoms with E-state index in [0.717, 1.165) is 0 Å². The van der Waals surface area contributed by atoms with Gasteiger partial charge in [-0.3, -0.25) is 4.79 Å². The van der Waals surface area contributed by atoms with Crippen LogP contribution in [-0.2, 0) is 9.84 Å². The number of carbonyl (C=O) groups is 1. The van der Waals surface area contributed by atoms with Gasteiger partial charge in [-0.2, -0.15) is 0 Å². The molecular weight excluding hydrogens is 478 g/mol. The molecule has 1 aliphatic rings. The predicted molar refractivity (Wildman–Crippen MR) is 89.9 cm³/mol. The van der Waals surface area contributed by atoms with Crippen molar-refractivity contribution in [3.05, 3.63) is 25.0 Å². The van der Waals surface area contributed by atoms with Gasteiger partial charge in [-0.15, -0.1) is 0 Å². The lowest BCUT2D eigenvalue weighted by atomic mass is 10.2. The van der Waals surface area contributed by atoms with Gasteiger partial charge in [0.15, 0.2) is 9.84 Å². The minimum atomic E-state index is -3.54. The fourth-order valence-electron chi connectivity index (χ4n) is 1.87. The molecule has 0 radical (unpaired) electrons. The third-order valence-electron chi connectivity index (χ3n) is 3.01. The molecule has 0 fully saturated rings. The lowest BCUT2D eigenvalue weighted by molar-refractivity contribution is 0.0948. The highest BCUT2D eigenvalue weighted by atomic mass is 79.9. The first-order valence-electron chi connectivity index (χ1n) is 5.46. The van der Waals surface area contributed by atoms with Crippen LogP contribution in [0.25, 0.3) is 0 Å². The van der Waals surface area contributed by atoms with Crippen LogP contribution in [0.5, 0.6) is 0 Å². The third-order valence-corrected chi connectivity index (χ3v) is 8.87. The maximum absolute atomic E-state index is 12.6. The number of halogens is 3. The van der Waals surface area contributed by atoms with E-state index in [0.29, 0.717) is 26.4 Å². The molecule has 1 aliphatic heterocycles. The van der Waals surface area contributed by atoms with Gasteiger partial charge in [-0.25, -0.2) is 8.42 Å². The Labute approximate surface area is 144 Å². The van der Waals surface area contributed by atoms with Gasteiger partial charge >= 0.3 is 0 Å². The lowest BCUT2D eigenvalue weighted by Gasteiger charge is -2.21. The van der Waals surface area contributed by atoms with Crippen molar-refractivity contribution in [2.75, 3.05) is 6.54 Å². The monoisotopic (exact) mass is 489 g/mol. The number of sulfone groups is 1. The molecule has 0 saturated heterocycles. The summed E-state index contributed by atoms with van der Waals surface area (Å²) < 4.78 is 26.7. The van der Waals surface area contributed by atoms with Crippen LogP contribution >= 0.6 is 47.8 Å². The van der Waals surface area contributed by atoms with Crippen LogP contribution < -0.4 is 5.32 Å². The van der Waals surface area contributed by atoms with Gasteiger partial charge in [0.05, 0.1) is 20.2 Å². The first-order valence-corrected chi connectivity index (χ1v) is 9.39. The highest BCUT2D eigenvalue weighted by Crippen LogP contribution is 2.40. The molecular formula is C12H14Br3NO3S. The first kappa shape index (κ1) is 18.1. The quantitative estimate of drug-likeness (QED) is 0.560. The molecule has 0 saturated carbocycles. The molecule has 1 heterocycles. The second kappa shape index (κ2) is 6.46. The van der Waals surface area contributed by atoms with Gasteiger partial charge in [-0.05, 0) is 67.2 Å². The number of carbonyl (C=O) groups excluding carboxylic acids is 1. The maximum atomic E-state index is 12.6. The maximum Gasteiger partial charge on any atom is 0.252 e. The number of hydrogen-bond acceptors (Lipinski definition) is 3. The Morgan fingerprint density at radius 2 is 1.85 bits per heavy atom. The van der Waals surface area contributed by atoms with Gasteiger partial charge in [-0.1, -0.05) is 7.43 Å². The van der Waals surface area contributed by atoms with E-state index in [2.05, 4.69) is 53.1 Å². The van der Waals surface area contributed by atoms with E-state index < -0.39 is 15.1 Å². The minimum absolute atomic E-state index is 0. The van der Waals surface area contributed by atoms with E-state index in [1.165, 1.54) is 6.07 Å². The molecule has 0 spiro atoms. The van der Waals surface area contributed by atoms with Crippen LogP contribution in [0, 0.1) is 0 Å². The molecule has 1 atom stereocenters. The van der Waals surface area contributed by atoms with Gasteiger partial charge in [0.2, 0.25) is 0 Å². The highest BCUT2D eigenvalue weighted by Gasteiger charge is 2.34. The SMILES string of the molecule is C.CC1CCNC(=O)c2cc(Br)c(Br)c(Br)c2S1(=O)=O. The molecule has 8 heteroatoms. The topological polar surface area (TPSA) is 63.2 Å². The van der Waals surface area contributed by atoms with Crippen molar-refractivity contribution in [3.63, 3.8) is 0 Å². The van der Waals surface area contributed by atoms with Crippen molar-refractivity contribution >= 4 is 63.5 Å². The number of benzene rings is 1. The van der Waals surface area contributed by atoms with Crippen LogP contribution in [-0.4, -0.2) is 26.1 Å². The number of fused-ring (bicyclic) bond motifs is 1. The second-order valence-electron chi connectivity index (χ2n) is 4.26. The van der Waals surface area contributed by atoms with E-state index >= 15 is 0 Å². The molecule has 4 nitrogen and oxygen atoms in total. The Morgan fingerprint density at radius 3 is 2.45 bits per heavy atom. The number of hydrogen-bond donors (Lipinski definition) is 1. The number of amides is 1. The van der Waals surface area contributed by atoms with Gasteiger partial charge < -0.3 is 5.32 Å². The van der Waals surface area contributed by atoms with E-state index in [1.807, 2.05) is 0 Å². The lowest BCUT2D eigenvalue weighted by Crippen LogP contribution is -2.34. The average molecular weight is 492 g/mol. The summed E-state index contributed by atoms with van der Waals surface area (Å²) in [4.78, 5) is 12.1. The van der Waals surface area contributed by atoms with E-state index in [9.17, 15) is 13.2 Å². The van der Waals surface area contributed by atoms with Crippen LogP contribution in [0.2, 0.25) is 0 Å². The van der Waals surface area contributed by atoms with Gasteiger partial charge in [0.1, 0.15) is 0 Å². The zero-order valence-corrected chi connectivity index (χ0v) is 15.4. The summed E-state index contributed by atoms with van der Waals surface area (Å²) in [7, 11) is -3.54. The average Bonchev–Trinajstić information content (AvgIpc) is 2.33. The molecule has 2 rings (SSSR count). The fourth-order valence-corrected chi connectivity index (χ4v) is 5.75. The summed E-state index contributed by atoms with van der Waals surface area (Å²) in [5.74, 6) is -0.376. The van der Waals surface area contributed by atoms with Crippen molar-refractivity contribution in [1.29, 1.82) is 0 Å². The Bertz CT molecular complexity index is 658. The van der Waals surface area contributed by atoms with Crippen molar-refractivity contribution < 1.29 is 13.2 Å². The third kappa shape index (κ3) is 2.98. The van der Waals surface area contributed by atoms with Gasteiger partial charge in [0.25, 0.3) is 5.91 Å². The largest absolute Gasteiger partial charge is 0.352 e. The van der Waals surface area contributed by atoms with Crippen LogP contribution in [0.15, 0.2) is 24.4 Å². The zero-order chi connectivity index (χ0) is 14.4. The van der Waals surface area contributed by atoms with Gasteiger partial charge in [0, 0.05) is 15.5 Å². The normalized spacial score (nSPS) is 21.0. The van der Waals surface area contributed by atoms with Crippen LogP contribution in [0.4, 0.5) is 0 Å². The standard InChI is InChI=1S/C11H10Br3NO3S.CH4/c1-5-2-3-15-11(16)6-4-7(12)8(13)9(14)10(6)19(5,17)18;/h4-5H,2-3H2,1H3,(H,15,16);1H4. The summed E-state index contributed by atoms with van der Waals surface area (Å²) in [6.45, 7) is 2.00. The van der Waals surface area contributed by atoms with Crippen molar-refractivity contribution in [2.24, 2.45) is 0 Å². The Balaban J connectivity index is 0.00000200. The summed E-state index contributed by atoms with van der Waals surface area (Å²) >= 11 is 9.88. The molecule has 0 aromatic heterocycles. The number of nitrogens with one attached hydrogen (secondary N) is 1. The Kier molecular flexibility index (Phi) is 5.85. The molecule has 1 unspecified atom stereocenters. The molecule has 1 aromatic carbocycles. The zero-order valence-electron chi connectivity index (χ0n) is 9.84. The first-order chi connectivity index (χ1) is 8.76. The molecule has 0 aliphatic carbocycles. The van der Waals surface area contributed by atoms with E-state index in [1.54, 1.807) is 6.92 Å². The minimum Gasteiger partial charge on any atom is -0.352 e. The van der Waals surface area contributed by atoms with Crippen molar-refractivity contribution in [1.82, 2.24) is 5.32 Å². The smallest absolute Gasteiger partial charge is 0.252 e. The fraction of sp³-hybridized carbons (Fsp3) is 0.417. The molecule has 1 amide bonds. The second-order valence-corrected chi connectivity index (χ2v) is 9.01. The highest BCUT2D eigenvalue weighted by molar-refractivity contribution is 9.14. The van der Waals surface area contributed by atoms with Crippen molar-refractivity contribution in [2.45, 2.75) is 30.9 Å². The Hall–Kier alpha value is 0.0800. The van der Waals surface area contributed by atoms with Crippen LogP contribution in [0.3, 0.4) is 0 Å². The summed E-state index contributed by atoms with van der Waals surface area (Å²) in [5, 5.41) is 2.18. The molecule has 112 valence electrons. The predicted octanol–water partition coefficient (Wildman–Crippen LogP) is 3.91. The molecule has 1 N–H and O–H groups in total. The van der Waals surface area contributed by atoms with Crippen LogP contribution in [0.1, 0.15) is 31.1 Å². The van der Waals surface area contributed by atoms with E-state index in [-0.39, 0.29) is 23.8 Å². The summed E-state index contributed by atoms with van der Waals surface area (Å²) in [6, 6.07) is 1.52. The molecule has 20 heavy (non-hydrogen) atoms. The summed E-state index contributed by atoms with van der Waals surface area (Å²) in [6.07, 6.45) is 0.396. The van der Waals surface area contributed by atoms with Crippen molar-refractivity contribution in [3.8, 4) is 0 Å². The number of rotatable bonds is 0. The Morgan fingerprint density at radius 1 is 1.25 bits per heavy atom.